The number of thioether (sulfide) groups is 1. The summed E-state index contributed by atoms with van der Waals surface area (Å²) in [7, 11) is 0. The molecule has 0 aliphatic heterocycles. The van der Waals surface area contributed by atoms with Crippen LogP contribution in [-0.2, 0) is 0 Å². The predicted molar refractivity (Wildman–Crippen MR) is 59.3 cm³/mol. The summed E-state index contributed by atoms with van der Waals surface area (Å²) in [6.45, 7) is 3.49. The van der Waals surface area contributed by atoms with Gasteiger partial charge in [0.15, 0.2) is 0 Å². The number of hydrogen-bond acceptors (Lipinski definition) is 5. The van der Waals surface area contributed by atoms with E-state index in [0.717, 1.165) is 4.74 Å². The molecule has 0 bridgehead atoms. The topological polar surface area (TPSA) is 78.2 Å². The van der Waals surface area contributed by atoms with Crippen molar-refractivity contribution >= 4 is 17.7 Å². The molecule has 5 nitrogen and oxygen atoms in total. The standard InChI is InChI=1S/C9H14N2O3S/c1-6(10)4-15-5-9(13)11-8(12)3-7(2)14-11/h3,6H,4-5,10H2,1-2H3. The van der Waals surface area contributed by atoms with Gasteiger partial charge in [0.2, 0.25) is 0 Å². The van der Waals surface area contributed by atoms with E-state index in [9.17, 15) is 9.59 Å². The molecule has 0 aliphatic rings. The predicted octanol–water partition coefficient (Wildman–Crippen LogP) is 0.470. The Bertz CT molecular complexity index is 394. The van der Waals surface area contributed by atoms with E-state index < -0.39 is 5.56 Å². The Morgan fingerprint density at radius 2 is 2.40 bits per heavy atom. The van der Waals surface area contributed by atoms with Crippen LogP contribution in [0.25, 0.3) is 0 Å². The number of aromatic nitrogens is 1. The molecular weight excluding hydrogens is 216 g/mol. The number of nitrogens with two attached hydrogens (primary N) is 1. The maximum absolute atomic E-state index is 11.5. The van der Waals surface area contributed by atoms with E-state index in [1.807, 2.05) is 6.92 Å². The van der Waals surface area contributed by atoms with Crippen molar-refractivity contribution in [1.82, 2.24) is 4.74 Å². The Kier molecular flexibility index (Phi) is 4.16. The van der Waals surface area contributed by atoms with E-state index in [1.165, 1.54) is 17.8 Å². The lowest BCUT2D eigenvalue weighted by Gasteiger charge is -2.03. The summed E-state index contributed by atoms with van der Waals surface area (Å²) < 4.78 is 5.72. The Morgan fingerprint density at radius 3 is 2.87 bits per heavy atom. The van der Waals surface area contributed by atoms with E-state index in [4.69, 9.17) is 10.3 Å². The van der Waals surface area contributed by atoms with E-state index in [0.29, 0.717) is 11.5 Å². The average molecular weight is 230 g/mol. The lowest BCUT2D eigenvalue weighted by atomic mass is 10.4. The third kappa shape index (κ3) is 3.56. The second-order valence-corrected chi connectivity index (χ2v) is 4.40. The number of carbonyl (C=O) groups is 1. The zero-order valence-electron chi connectivity index (χ0n) is 8.73. The van der Waals surface area contributed by atoms with Gasteiger partial charge in [0.1, 0.15) is 5.76 Å². The maximum Gasteiger partial charge on any atom is 0.290 e. The fourth-order valence-electron chi connectivity index (χ4n) is 1.01. The van der Waals surface area contributed by atoms with Crippen molar-refractivity contribution in [3.8, 4) is 0 Å². The summed E-state index contributed by atoms with van der Waals surface area (Å²) in [6.07, 6.45) is 0. The van der Waals surface area contributed by atoms with Gasteiger partial charge in [-0.2, -0.15) is 11.8 Å². The van der Waals surface area contributed by atoms with Crippen LogP contribution < -0.4 is 11.3 Å². The molecule has 0 spiro atoms. The minimum Gasteiger partial charge on any atom is -0.373 e. The third-order valence-corrected chi connectivity index (χ3v) is 2.81. The zero-order chi connectivity index (χ0) is 11.4. The van der Waals surface area contributed by atoms with E-state index in [2.05, 4.69) is 0 Å². The number of hydrogen-bond donors (Lipinski definition) is 1. The molecule has 0 fully saturated rings. The highest BCUT2D eigenvalue weighted by Gasteiger charge is 2.11. The van der Waals surface area contributed by atoms with E-state index in [1.54, 1.807) is 6.92 Å². The first-order valence-electron chi connectivity index (χ1n) is 4.57. The first-order chi connectivity index (χ1) is 7.00. The van der Waals surface area contributed by atoms with Crippen LogP contribution >= 0.6 is 11.8 Å². The molecule has 1 atom stereocenters. The van der Waals surface area contributed by atoms with Gasteiger partial charge in [-0.1, -0.05) is 0 Å². The Morgan fingerprint density at radius 1 is 1.73 bits per heavy atom. The second-order valence-electron chi connectivity index (χ2n) is 3.37. The Labute approximate surface area is 91.6 Å². The number of aryl methyl sites for hydroxylation is 1. The highest BCUT2D eigenvalue weighted by molar-refractivity contribution is 7.99. The molecule has 6 heteroatoms. The molecule has 0 aliphatic carbocycles. The van der Waals surface area contributed by atoms with Crippen LogP contribution in [0.1, 0.15) is 17.5 Å². The molecule has 0 saturated heterocycles. The molecular formula is C9H14N2O3S. The highest BCUT2D eigenvalue weighted by atomic mass is 32.2. The van der Waals surface area contributed by atoms with Gasteiger partial charge >= 0.3 is 0 Å². The molecule has 0 radical (unpaired) electrons. The zero-order valence-corrected chi connectivity index (χ0v) is 9.54. The van der Waals surface area contributed by atoms with Crippen LogP contribution in [0.3, 0.4) is 0 Å². The van der Waals surface area contributed by atoms with Crippen molar-refractivity contribution < 1.29 is 9.32 Å². The number of nitrogens with zero attached hydrogens (tertiary/aromatic N) is 1. The van der Waals surface area contributed by atoms with Gasteiger partial charge in [-0.3, -0.25) is 9.59 Å². The summed E-state index contributed by atoms with van der Waals surface area (Å²) >= 11 is 1.39. The first kappa shape index (κ1) is 12.1. The molecule has 0 amide bonds. The van der Waals surface area contributed by atoms with Crippen molar-refractivity contribution in [1.29, 1.82) is 0 Å². The van der Waals surface area contributed by atoms with Crippen molar-refractivity contribution in [3.63, 3.8) is 0 Å². The summed E-state index contributed by atoms with van der Waals surface area (Å²) in [5, 5.41) is 0. The third-order valence-electron chi connectivity index (χ3n) is 1.59. The molecule has 0 aromatic carbocycles. The molecule has 84 valence electrons. The minimum atomic E-state index is -0.418. The normalized spacial score (nSPS) is 12.7. The number of rotatable bonds is 4. The smallest absolute Gasteiger partial charge is 0.290 e. The van der Waals surface area contributed by atoms with Crippen molar-refractivity contribution in [2.75, 3.05) is 11.5 Å². The van der Waals surface area contributed by atoms with E-state index in [-0.39, 0.29) is 17.7 Å². The lowest BCUT2D eigenvalue weighted by Crippen LogP contribution is -2.25. The van der Waals surface area contributed by atoms with Crippen LogP contribution in [0.15, 0.2) is 15.4 Å². The summed E-state index contributed by atoms with van der Waals surface area (Å²) in [5.74, 6) is 0.971. The molecule has 0 saturated carbocycles. The highest BCUT2D eigenvalue weighted by Crippen LogP contribution is 2.03. The fourth-order valence-corrected chi connectivity index (χ4v) is 1.79. The number of carbonyl (C=O) groups excluding carboxylic acids is 1. The van der Waals surface area contributed by atoms with Crippen LogP contribution in [0.2, 0.25) is 0 Å². The summed E-state index contributed by atoms with van der Waals surface area (Å²) in [4.78, 5) is 22.7. The molecule has 1 aromatic rings. The first-order valence-corrected chi connectivity index (χ1v) is 5.72. The molecule has 2 N–H and O–H groups in total. The Balaban J connectivity index is 2.54. The van der Waals surface area contributed by atoms with Crippen molar-refractivity contribution in [3.05, 3.63) is 22.2 Å². The van der Waals surface area contributed by atoms with Crippen molar-refractivity contribution in [2.24, 2.45) is 5.73 Å². The van der Waals surface area contributed by atoms with E-state index >= 15 is 0 Å². The quantitative estimate of drug-likeness (QED) is 0.813. The van der Waals surface area contributed by atoms with Gasteiger partial charge in [0.05, 0.1) is 5.75 Å². The van der Waals surface area contributed by atoms with Crippen molar-refractivity contribution in [2.45, 2.75) is 19.9 Å². The largest absolute Gasteiger partial charge is 0.373 e. The molecule has 1 aromatic heterocycles. The second kappa shape index (κ2) is 5.18. The molecule has 1 rings (SSSR count). The summed E-state index contributed by atoms with van der Waals surface area (Å²) in [5.41, 5.74) is 5.11. The monoisotopic (exact) mass is 230 g/mol. The van der Waals surface area contributed by atoms with Crippen LogP contribution in [0, 0.1) is 6.92 Å². The van der Waals surface area contributed by atoms with Gasteiger partial charge in [0, 0.05) is 17.9 Å². The van der Waals surface area contributed by atoms with Crippen LogP contribution in [0.5, 0.6) is 0 Å². The lowest BCUT2D eigenvalue weighted by molar-refractivity contribution is 0.0813. The van der Waals surface area contributed by atoms with Crippen LogP contribution in [-0.4, -0.2) is 28.2 Å². The van der Waals surface area contributed by atoms with Gasteiger partial charge < -0.3 is 10.3 Å². The Hall–Kier alpha value is -1.01. The minimum absolute atomic E-state index is 0.0397. The van der Waals surface area contributed by atoms with Gasteiger partial charge in [-0.05, 0) is 13.8 Å². The van der Waals surface area contributed by atoms with Gasteiger partial charge in [-0.25, -0.2) is 0 Å². The molecule has 1 heterocycles. The molecule has 15 heavy (non-hydrogen) atoms. The summed E-state index contributed by atoms with van der Waals surface area (Å²) in [6, 6.07) is 1.33. The average Bonchev–Trinajstić information content (AvgIpc) is 2.44. The maximum atomic E-state index is 11.5. The SMILES string of the molecule is Cc1cc(=O)n(C(=O)CSCC(C)N)o1. The fraction of sp³-hybridized carbons (Fsp3) is 0.556. The van der Waals surface area contributed by atoms with Gasteiger partial charge in [0.25, 0.3) is 11.5 Å². The molecule has 1 unspecified atom stereocenters. The van der Waals surface area contributed by atoms with Gasteiger partial charge in [-0.15, -0.1) is 4.74 Å². The van der Waals surface area contributed by atoms with Crippen LogP contribution in [0.4, 0.5) is 0 Å².